The first kappa shape index (κ1) is 19.8. The zero-order valence-corrected chi connectivity index (χ0v) is 16.0. The predicted octanol–water partition coefficient (Wildman–Crippen LogP) is 7.48. The van der Waals surface area contributed by atoms with E-state index in [1.807, 2.05) is 12.1 Å². The smallest absolute Gasteiger partial charge is 0.119 e. The van der Waals surface area contributed by atoms with E-state index in [2.05, 4.69) is 42.5 Å². The molecule has 0 saturated carbocycles. The Labute approximate surface area is 158 Å². The molecule has 0 bridgehead atoms. The third-order valence-electron chi connectivity index (χ3n) is 4.49. The molecule has 2 heteroatoms. The van der Waals surface area contributed by atoms with Gasteiger partial charge in [0, 0.05) is 5.88 Å². The minimum atomic E-state index is 0.813. The Kier molecular flexibility index (Phi) is 10.2. The molecule has 0 atom stereocenters. The van der Waals surface area contributed by atoms with E-state index in [1.165, 1.54) is 62.5 Å². The molecule has 2 aromatic carbocycles. The fourth-order valence-corrected chi connectivity index (χ4v) is 3.21. The average Bonchev–Trinajstić information content (AvgIpc) is 2.67. The molecule has 2 aromatic rings. The van der Waals surface area contributed by atoms with Crippen molar-refractivity contribution in [2.75, 3.05) is 12.5 Å². The SMILES string of the molecule is ClCCCCCCCCCCCOc1cccc(-c2ccccc2)c1. The first-order valence-electron chi connectivity index (χ1n) is 9.74. The molecule has 136 valence electrons. The highest BCUT2D eigenvalue weighted by Crippen LogP contribution is 2.23. The first-order chi connectivity index (χ1) is 12.4. The van der Waals surface area contributed by atoms with Crippen LogP contribution < -0.4 is 4.74 Å². The molecule has 25 heavy (non-hydrogen) atoms. The van der Waals surface area contributed by atoms with Crippen molar-refractivity contribution in [2.24, 2.45) is 0 Å². The van der Waals surface area contributed by atoms with Gasteiger partial charge in [-0.1, -0.05) is 87.4 Å². The lowest BCUT2D eigenvalue weighted by atomic mass is 10.1. The van der Waals surface area contributed by atoms with E-state index in [1.54, 1.807) is 0 Å². The molecule has 0 aliphatic carbocycles. The molecule has 0 fully saturated rings. The fourth-order valence-electron chi connectivity index (χ4n) is 3.02. The summed E-state index contributed by atoms with van der Waals surface area (Å²) in [5.74, 6) is 1.79. The quantitative estimate of drug-likeness (QED) is 0.266. The molecule has 0 saturated heterocycles. The Morgan fingerprint density at radius 1 is 0.600 bits per heavy atom. The molecule has 1 nitrogen and oxygen atoms in total. The lowest BCUT2D eigenvalue weighted by Gasteiger charge is -2.08. The van der Waals surface area contributed by atoms with Gasteiger partial charge in [0.2, 0.25) is 0 Å². The summed E-state index contributed by atoms with van der Waals surface area (Å²) in [5, 5.41) is 0. The molecular formula is C23H31ClO. The zero-order valence-electron chi connectivity index (χ0n) is 15.3. The molecule has 0 N–H and O–H groups in total. The summed E-state index contributed by atoms with van der Waals surface area (Å²) in [4.78, 5) is 0. The van der Waals surface area contributed by atoms with Gasteiger partial charge < -0.3 is 4.74 Å². The van der Waals surface area contributed by atoms with Crippen LogP contribution in [0, 0.1) is 0 Å². The Hall–Kier alpha value is -1.47. The molecule has 0 amide bonds. The number of benzene rings is 2. The molecule has 0 unspecified atom stereocenters. The van der Waals surface area contributed by atoms with Crippen molar-refractivity contribution >= 4 is 11.6 Å². The molecule has 0 radical (unpaired) electrons. The number of rotatable bonds is 13. The lowest BCUT2D eigenvalue weighted by Crippen LogP contribution is -1.97. The number of hydrogen-bond donors (Lipinski definition) is 0. The average molecular weight is 359 g/mol. The summed E-state index contributed by atoms with van der Waals surface area (Å²) in [7, 11) is 0. The Balaban J connectivity index is 1.55. The van der Waals surface area contributed by atoms with Gasteiger partial charge in [0.25, 0.3) is 0 Å². The van der Waals surface area contributed by atoms with E-state index >= 15 is 0 Å². The van der Waals surface area contributed by atoms with Gasteiger partial charge in [-0.3, -0.25) is 0 Å². The van der Waals surface area contributed by atoms with Gasteiger partial charge >= 0.3 is 0 Å². The molecule has 0 heterocycles. The van der Waals surface area contributed by atoms with Crippen molar-refractivity contribution in [2.45, 2.75) is 57.8 Å². The molecule has 0 spiro atoms. The summed E-state index contributed by atoms with van der Waals surface area (Å²) in [5.41, 5.74) is 2.45. The number of hydrogen-bond acceptors (Lipinski definition) is 1. The Bertz CT molecular complexity index is 567. The van der Waals surface area contributed by atoms with Crippen molar-refractivity contribution < 1.29 is 4.74 Å². The summed E-state index contributed by atoms with van der Waals surface area (Å²) in [6.45, 7) is 0.813. The van der Waals surface area contributed by atoms with Crippen molar-refractivity contribution in [1.29, 1.82) is 0 Å². The summed E-state index contributed by atoms with van der Waals surface area (Å²) < 4.78 is 5.93. The van der Waals surface area contributed by atoms with Crippen LogP contribution in [0.1, 0.15) is 57.8 Å². The van der Waals surface area contributed by atoms with Crippen LogP contribution in [0.2, 0.25) is 0 Å². The lowest BCUT2D eigenvalue weighted by molar-refractivity contribution is 0.304. The highest BCUT2D eigenvalue weighted by Gasteiger charge is 2.00. The van der Waals surface area contributed by atoms with Gasteiger partial charge in [-0.15, -0.1) is 11.6 Å². The van der Waals surface area contributed by atoms with Gasteiger partial charge in [0.15, 0.2) is 0 Å². The fraction of sp³-hybridized carbons (Fsp3) is 0.478. The Morgan fingerprint density at radius 3 is 1.88 bits per heavy atom. The maximum atomic E-state index is 5.93. The van der Waals surface area contributed by atoms with E-state index in [9.17, 15) is 0 Å². The van der Waals surface area contributed by atoms with Crippen LogP contribution in [0.3, 0.4) is 0 Å². The second kappa shape index (κ2) is 12.8. The van der Waals surface area contributed by atoms with Crippen molar-refractivity contribution in [1.82, 2.24) is 0 Å². The number of unbranched alkanes of at least 4 members (excludes halogenated alkanes) is 8. The summed E-state index contributed by atoms with van der Waals surface area (Å²) in [6, 6.07) is 18.8. The van der Waals surface area contributed by atoms with Crippen LogP contribution in [0.4, 0.5) is 0 Å². The second-order valence-electron chi connectivity index (χ2n) is 6.61. The van der Waals surface area contributed by atoms with Crippen LogP contribution in [-0.4, -0.2) is 12.5 Å². The normalized spacial score (nSPS) is 10.8. The Morgan fingerprint density at radius 2 is 1.20 bits per heavy atom. The van der Waals surface area contributed by atoms with Gasteiger partial charge in [-0.25, -0.2) is 0 Å². The number of halogens is 1. The third-order valence-corrected chi connectivity index (χ3v) is 4.76. The monoisotopic (exact) mass is 358 g/mol. The molecule has 0 aliphatic rings. The number of ether oxygens (including phenoxy) is 1. The third kappa shape index (κ3) is 8.45. The number of alkyl halides is 1. The van der Waals surface area contributed by atoms with Crippen LogP contribution in [-0.2, 0) is 0 Å². The minimum Gasteiger partial charge on any atom is -0.494 e. The van der Waals surface area contributed by atoms with Gasteiger partial charge in [0.1, 0.15) is 5.75 Å². The van der Waals surface area contributed by atoms with Crippen LogP contribution in [0.25, 0.3) is 11.1 Å². The zero-order chi connectivity index (χ0) is 17.6. The van der Waals surface area contributed by atoms with Gasteiger partial charge in [0.05, 0.1) is 6.61 Å². The van der Waals surface area contributed by atoms with Crippen molar-refractivity contribution in [3.8, 4) is 16.9 Å². The minimum absolute atomic E-state index is 0.813. The van der Waals surface area contributed by atoms with Crippen molar-refractivity contribution in [3.05, 3.63) is 54.6 Å². The van der Waals surface area contributed by atoms with E-state index in [-0.39, 0.29) is 0 Å². The maximum Gasteiger partial charge on any atom is 0.119 e. The highest BCUT2D eigenvalue weighted by atomic mass is 35.5. The van der Waals surface area contributed by atoms with Gasteiger partial charge in [-0.2, -0.15) is 0 Å². The molecular weight excluding hydrogens is 328 g/mol. The van der Waals surface area contributed by atoms with E-state index in [0.29, 0.717) is 0 Å². The molecule has 2 rings (SSSR count). The van der Waals surface area contributed by atoms with Crippen molar-refractivity contribution in [3.63, 3.8) is 0 Å². The second-order valence-corrected chi connectivity index (χ2v) is 6.99. The largest absolute Gasteiger partial charge is 0.494 e. The molecule has 0 aliphatic heterocycles. The van der Waals surface area contributed by atoms with Crippen LogP contribution >= 0.6 is 11.6 Å². The van der Waals surface area contributed by atoms with Crippen LogP contribution in [0.5, 0.6) is 5.75 Å². The molecule has 0 aromatic heterocycles. The first-order valence-corrected chi connectivity index (χ1v) is 10.3. The topological polar surface area (TPSA) is 9.23 Å². The summed E-state index contributed by atoms with van der Waals surface area (Å²) in [6.07, 6.45) is 11.6. The van der Waals surface area contributed by atoms with Gasteiger partial charge in [-0.05, 0) is 36.1 Å². The van der Waals surface area contributed by atoms with E-state index in [0.717, 1.165) is 24.7 Å². The van der Waals surface area contributed by atoms with Crippen LogP contribution in [0.15, 0.2) is 54.6 Å². The highest BCUT2D eigenvalue weighted by molar-refractivity contribution is 6.17. The summed E-state index contributed by atoms with van der Waals surface area (Å²) >= 11 is 5.68. The van der Waals surface area contributed by atoms with E-state index < -0.39 is 0 Å². The predicted molar refractivity (Wildman–Crippen MR) is 110 cm³/mol. The standard InChI is InChI=1S/C23H31ClO/c24-18-11-6-4-2-1-3-5-7-12-19-25-23-17-13-16-22(20-23)21-14-9-8-10-15-21/h8-10,13-17,20H,1-7,11-12,18-19H2. The maximum absolute atomic E-state index is 5.93. The van der Waals surface area contributed by atoms with E-state index in [4.69, 9.17) is 16.3 Å².